The van der Waals surface area contributed by atoms with Crippen LogP contribution in [0.15, 0.2) is 49.1 Å². The number of hydrogen-bond donors (Lipinski definition) is 2. The van der Waals surface area contributed by atoms with Crippen LogP contribution < -0.4 is 0 Å². The molecule has 5 nitrogen and oxygen atoms in total. The molecule has 26 heavy (non-hydrogen) atoms. The average molecular weight is 433 g/mol. The number of aromatic nitrogens is 3. The standard InChI is InChI=1S/C17H13Cl4N3O2/c18-10-1-3-12(14(20)5-10)16(25)17(26,7-24-9-22-8-23-24)13-4-2-11(19)6-15(13)21/h1-6,8-9,16,25-26H,7H2/t16-,17-/m0/s1. The van der Waals surface area contributed by atoms with Crippen molar-refractivity contribution in [3.8, 4) is 0 Å². The van der Waals surface area contributed by atoms with Gasteiger partial charge in [-0.1, -0.05) is 58.5 Å². The number of hydrogen-bond acceptors (Lipinski definition) is 4. The summed E-state index contributed by atoms with van der Waals surface area (Å²) >= 11 is 24.4. The third-order valence-electron chi connectivity index (χ3n) is 3.98. The lowest BCUT2D eigenvalue weighted by Crippen LogP contribution is -2.39. The van der Waals surface area contributed by atoms with Crippen molar-refractivity contribution in [2.75, 3.05) is 0 Å². The van der Waals surface area contributed by atoms with Crippen molar-refractivity contribution in [2.24, 2.45) is 0 Å². The molecule has 3 aromatic rings. The first-order valence-corrected chi connectivity index (χ1v) is 8.96. The summed E-state index contributed by atoms with van der Waals surface area (Å²) in [5, 5.41) is 27.7. The normalized spacial score (nSPS) is 14.8. The second-order valence-corrected chi connectivity index (χ2v) is 7.40. The Kier molecular flexibility index (Phi) is 5.77. The van der Waals surface area contributed by atoms with Gasteiger partial charge in [0.2, 0.25) is 0 Å². The highest BCUT2D eigenvalue weighted by Gasteiger charge is 2.42. The molecule has 2 N–H and O–H groups in total. The highest BCUT2D eigenvalue weighted by atomic mass is 35.5. The maximum Gasteiger partial charge on any atom is 0.141 e. The van der Waals surface area contributed by atoms with Gasteiger partial charge < -0.3 is 10.2 Å². The predicted octanol–water partition coefficient (Wildman–Crippen LogP) is 4.51. The van der Waals surface area contributed by atoms with Crippen LogP contribution in [0, 0.1) is 0 Å². The fourth-order valence-electron chi connectivity index (χ4n) is 2.70. The quantitative estimate of drug-likeness (QED) is 0.621. The molecule has 0 aliphatic rings. The fourth-order valence-corrected chi connectivity index (χ4v) is 3.79. The lowest BCUT2D eigenvalue weighted by Gasteiger charge is -2.34. The number of aliphatic hydroxyl groups excluding tert-OH is 1. The van der Waals surface area contributed by atoms with E-state index in [1.165, 1.54) is 29.5 Å². The highest BCUT2D eigenvalue weighted by Crippen LogP contribution is 2.42. The van der Waals surface area contributed by atoms with Gasteiger partial charge in [0, 0.05) is 31.2 Å². The molecule has 0 radical (unpaired) electrons. The summed E-state index contributed by atoms with van der Waals surface area (Å²) in [6, 6.07) is 9.22. The van der Waals surface area contributed by atoms with E-state index in [-0.39, 0.29) is 22.2 Å². The zero-order chi connectivity index (χ0) is 18.9. The fraction of sp³-hybridized carbons (Fsp3) is 0.176. The number of nitrogens with zero attached hydrogens (tertiary/aromatic N) is 3. The minimum absolute atomic E-state index is 0.117. The van der Waals surface area contributed by atoms with Gasteiger partial charge in [-0.05, 0) is 24.3 Å². The maximum atomic E-state index is 11.5. The van der Waals surface area contributed by atoms with Crippen molar-refractivity contribution < 1.29 is 10.2 Å². The van der Waals surface area contributed by atoms with Gasteiger partial charge in [0.1, 0.15) is 24.4 Å². The predicted molar refractivity (Wildman–Crippen MR) is 102 cm³/mol. The van der Waals surface area contributed by atoms with Crippen LogP contribution in [0.4, 0.5) is 0 Å². The van der Waals surface area contributed by atoms with E-state index in [9.17, 15) is 10.2 Å². The molecule has 2 aromatic carbocycles. The zero-order valence-electron chi connectivity index (χ0n) is 13.2. The molecule has 0 unspecified atom stereocenters. The van der Waals surface area contributed by atoms with E-state index >= 15 is 0 Å². The first-order chi connectivity index (χ1) is 12.3. The molecule has 136 valence electrons. The largest absolute Gasteiger partial charge is 0.385 e. The van der Waals surface area contributed by atoms with E-state index in [0.717, 1.165) is 0 Å². The second-order valence-electron chi connectivity index (χ2n) is 5.71. The second kappa shape index (κ2) is 7.72. The first-order valence-electron chi connectivity index (χ1n) is 7.44. The van der Waals surface area contributed by atoms with Crippen LogP contribution in [0.3, 0.4) is 0 Å². The van der Waals surface area contributed by atoms with Crippen LogP contribution in [0.1, 0.15) is 17.2 Å². The van der Waals surface area contributed by atoms with Gasteiger partial charge in [-0.3, -0.25) is 0 Å². The van der Waals surface area contributed by atoms with Crippen LogP contribution in [0.2, 0.25) is 20.1 Å². The minimum Gasteiger partial charge on any atom is -0.385 e. The molecule has 0 saturated carbocycles. The van der Waals surface area contributed by atoms with Gasteiger partial charge in [-0.2, -0.15) is 5.10 Å². The summed E-state index contributed by atoms with van der Waals surface area (Å²) in [5.74, 6) is 0. The van der Waals surface area contributed by atoms with Crippen molar-refractivity contribution in [1.29, 1.82) is 0 Å². The number of aliphatic hydroxyl groups is 2. The molecule has 0 fully saturated rings. The van der Waals surface area contributed by atoms with Crippen molar-refractivity contribution in [3.63, 3.8) is 0 Å². The molecule has 1 heterocycles. The van der Waals surface area contributed by atoms with Crippen LogP contribution in [0.25, 0.3) is 0 Å². The lowest BCUT2D eigenvalue weighted by molar-refractivity contribution is -0.0964. The van der Waals surface area contributed by atoms with Crippen molar-refractivity contribution >= 4 is 46.4 Å². The smallest absolute Gasteiger partial charge is 0.141 e. The topological polar surface area (TPSA) is 71.2 Å². The third-order valence-corrected chi connectivity index (χ3v) is 5.09. The molecule has 9 heteroatoms. The SMILES string of the molecule is O[C@@H](c1ccc(Cl)cc1Cl)[C@](O)(Cn1cncn1)c1ccc(Cl)cc1Cl. The Morgan fingerprint density at radius 2 is 1.65 bits per heavy atom. The average Bonchev–Trinajstić information content (AvgIpc) is 3.06. The molecular formula is C17H13Cl4N3O2. The Bertz CT molecular complexity index is 920. The van der Waals surface area contributed by atoms with Gasteiger partial charge in [0.05, 0.1) is 6.54 Å². The Morgan fingerprint density at radius 1 is 1.00 bits per heavy atom. The Labute approximate surface area is 169 Å². The van der Waals surface area contributed by atoms with E-state index < -0.39 is 11.7 Å². The van der Waals surface area contributed by atoms with E-state index in [1.807, 2.05) is 0 Å². The molecule has 0 amide bonds. The summed E-state index contributed by atoms with van der Waals surface area (Å²) < 4.78 is 1.39. The van der Waals surface area contributed by atoms with Gasteiger partial charge in [-0.15, -0.1) is 0 Å². The highest BCUT2D eigenvalue weighted by molar-refractivity contribution is 6.35. The number of benzene rings is 2. The Morgan fingerprint density at radius 3 is 2.23 bits per heavy atom. The van der Waals surface area contributed by atoms with E-state index in [2.05, 4.69) is 10.1 Å². The van der Waals surface area contributed by atoms with E-state index in [4.69, 9.17) is 46.4 Å². The monoisotopic (exact) mass is 431 g/mol. The molecule has 0 bridgehead atoms. The number of halogens is 4. The van der Waals surface area contributed by atoms with Crippen LogP contribution in [-0.4, -0.2) is 25.0 Å². The van der Waals surface area contributed by atoms with Crippen molar-refractivity contribution in [1.82, 2.24) is 14.8 Å². The van der Waals surface area contributed by atoms with Gasteiger partial charge in [-0.25, -0.2) is 9.67 Å². The molecular weight excluding hydrogens is 420 g/mol. The van der Waals surface area contributed by atoms with E-state index in [1.54, 1.807) is 24.3 Å². The van der Waals surface area contributed by atoms with Crippen molar-refractivity contribution in [2.45, 2.75) is 18.2 Å². The van der Waals surface area contributed by atoms with Gasteiger partial charge >= 0.3 is 0 Å². The van der Waals surface area contributed by atoms with E-state index in [0.29, 0.717) is 15.6 Å². The molecule has 2 atom stereocenters. The van der Waals surface area contributed by atoms with Crippen molar-refractivity contribution in [3.05, 3.63) is 80.3 Å². The van der Waals surface area contributed by atoms with Crippen LogP contribution in [-0.2, 0) is 12.1 Å². The zero-order valence-corrected chi connectivity index (χ0v) is 16.2. The Hall–Kier alpha value is -1.34. The molecule has 0 saturated heterocycles. The molecule has 0 aliphatic heterocycles. The van der Waals surface area contributed by atoms with Crippen LogP contribution in [0.5, 0.6) is 0 Å². The summed E-state index contributed by atoms with van der Waals surface area (Å²) in [4.78, 5) is 3.86. The summed E-state index contributed by atoms with van der Waals surface area (Å²) in [6.45, 7) is -0.117. The molecule has 0 aliphatic carbocycles. The number of rotatable bonds is 5. The Balaban J connectivity index is 2.13. The van der Waals surface area contributed by atoms with Gasteiger partial charge in [0.15, 0.2) is 0 Å². The summed E-state index contributed by atoms with van der Waals surface area (Å²) in [7, 11) is 0. The van der Waals surface area contributed by atoms with Gasteiger partial charge in [0.25, 0.3) is 0 Å². The summed E-state index contributed by atoms with van der Waals surface area (Å²) in [6.07, 6.45) is 1.33. The third kappa shape index (κ3) is 3.83. The molecule has 3 rings (SSSR count). The minimum atomic E-state index is -1.85. The van der Waals surface area contributed by atoms with Crippen LogP contribution >= 0.6 is 46.4 Å². The molecule has 0 spiro atoms. The maximum absolute atomic E-state index is 11.5. The lowest BCUT2D eigenvalue weighted by atomic mass is 9.84. The first kappa shape index (κ1) is 19.4. The summed E-state index contributed by atoms with van der Waals surface area (Å²) in [5.41, 5.74) is -1.28. The molecule has 1 aromatic heterocycles.